The van der Waals surface area contributed by atoms with Crippen LogP contribution in [0.5, 0.6) is 0 Å². The summed E-state index contributed by atoms with van der Waals surface area (Å²) in [7, 11) is 0. The quantitative estimate of drug-likeness (QED) is 0.693. The van der Waals surface area contributed by atoms with E-state index in [2.05, 4.69) is 0 Å². The fourth-order valence-corrected chi connectivity index (χ4v) is 0.321. The van der Waals surface area contributed by atoms with E-state index in [0.29, 0.717) is 6.61 Å². The van der Waals surface area contributed by atoms with E-state index in [1.165, 1.54) is 6.92 Å². The van der Waals surface area contributed by atoms with Gasteiger partial charge in [0.25, 0.3) is 0 Å². The highest BCUT2D eigenvalue weighted by molar-refractivity contribution is 5.71. The van der Waals surface area contributed by atoms with Gasteiger partial charge in [0.05, 0.1) is 0 Å². The normalized spacial score (nSPS) is 11.0. The molecule has 0 aromatic carbocycles. The lowest BCUT2D eigenvalue weighted by Crippen LogP contribution is -2.19. The molecule has 0 aliphatic rings. The van der Waals surface area contributed by atoms with Gasteiger partial charge in [-0.2, -0.15) is 0 Å². The minimum atomic E-state index is -0.910. The van der Waals surface area contributed by atoms with Crippen LogP contribution in [0.25, 0.3) is 0 Å². The second kappa shape index (κ2) is 8.99. The molecule has 13 heavy (non-hydrogen) atoms. The Kier molecular flexibility index (Phi) is 9.98. The van der Waals surface area contributed by atoms with Crippen molar-refractivity contribution < 1.29 is 24.5 Å². The highest BCUT2D eigenvalue weighted by Crippen LogP contribution is 1.87. The number of hydrogen-bond donors (Lipinski definition) is 2. The van der Waals surface area contributed by atoms with Crippen molar-refractivity contribution in [1.82, 2.24) is 0 Å². The molecule has 0 aromatic rings. The molecule has 0 heterocycles. The minimum absolute atomic E-state index is 0.222. The summed E-state index contributed by atoms with van der Waals surface area (Å²) in [4.78, 5) is 19.3. The predicted octanol–water partition coefficient (Wildman–Crippen LogP) is 0.977. The van der Waals surface area contributed by atoms with E-state index in [1.54, 1.807) is 13.8 Å². The van der Waals surface area contributed by atoms with Crippen molar-refractivity contribution in [2.45, 2.75) is 33.3 Å². The van der Waals surface area contributed by atoms with Crippen molar-refractivity contribution in [2.24, 2.45) is 0 Å². The van der Waals surface area contributed by atoms with Crippen LogP contribution in [0, 0.1) is 0 Å². The molecule has 0 fully saturated rings. The third kappa shape index (κ3) is 13.8. The second-order valence-corrected chi connectivity index (χ2v) is 2.18. The summed E-state index contributed by atoms with van der Waals surface area (Å²) in [6, 6.07) is 0. The molecule has 1 atom stereocenters. The van der Waals surface area contributed by atoms with Gasteiger partial charge in [0.15, 0.2) is 6.10 Å². The van der Waals surface area contributed by atoms with Gasteiger partial charge in [0, 0.05) is 13.0 Å². The zero-order valence-corrected chi connectivity index (χ0v) is 8.11. The predicted molar refractivity (Wildman–Crippen MR) is 46.7 cm³/mol. The van der Waals surface area contributed by atoms with E-state index in [-0.39, 0.29) is 6.42 Å². The SMILES string of the molecule is CCC(=O)O.CCOC(C)C(=O)O. The van der Waals surface area contributed by atoms with Crippen molar-refractivity contribution in [2.75, 3.05) is 6.61 Å². The van der Waals surface area contributed by atoms with Crippen LogP contribution < -0.4 is 0 Å². The Bertz CT molecular complexity index is 155. The average Bonchev–Trinajstić information content (AvgIpc) is 2.06. The van der Waals surface area contributed by atoms with Crippen LogP contribution in [0.2, 0.25) is 0 Å². The van der Waals surface area contributed by atoms with Gasteiger partial charge in [-0.15, -0.1) is 0 Å². The molecule has 0 rings (SSSR count). The van der Waals surface area contributed by atoms with E-state index in [1.807, 2.05) is 0 Å². The largest absolute Gasteiger partial charge is 0.481 e. The molecular weight excluding hydrogens is 176 g/mol. The van der Waals surface area contributed by atoms with Crippen LogP contribution in [-0.2, 0) is 14.3 Å². The summed E-state index contributed by atoms with van der Waals surface area (Å²) in [5.74, 6) is -1.66. The summed E-state index contributed by atoms with van der Waals surface area (Å²) in [5, 5.41) is 15.9. The first kappa shape index (κ1) is 14.4. The Morgan fingerprint density at radius 2 is 1.69 bits per heavy atom. The third-order valence-electron chi connectivity index (χ3n) is 1.07. The molecule has 5 nitrogen and oxygen atoms in total. The maximum absolute atomic E-state index is 9.96. The van der Waals surface area contributed by atoms with Crippen LogP contribution in [0.3, 0.4) is 0 Å². The molecule has 0 radical (unpaired) electrons. The van der Waals surface area contributed by atoms with Crippen molar-refractivity contribution in [3.8, 4) is 0 Å². The third-order valence-corrected chi connectivity index (χ3v) is 1.07. The van der Waals surface area contributed by atoms with E-state index in [4.69, 9.17) is 14.9 Å². The summed E-state index contributed by atoms with van der Waals surface area (Å²) < 4.78 is 4.70. The maximum atomic E-state index is 9.96. The second-order valence-electron chi connectivity index (χ2n) is 2.18. The highest BCUT2D eigenvalue weighted by Gasteiger charge is 2.07. The molecule has 2 N–H and O–H groups in total. The van der Waals surface area contributed by atoms with Crippen LogP contribution in [0.1, 0.15) is 27.2 Å². The molecule has 0 bridgehead atoms. The van der Waals surface area contributed by atoms with Crippen LogP contribution in [-0.4, -0.2) is 34.9 Å². The van der Waals surface area contributed by atoms with Crippen LogP contribution in [0.15, 0.2) is 0 Å². The summed E-state index contributed by atoms with van der Waals surface area (Å²) in [6.07, 6.45) is -0.444. The van der Waals surface area contributed by atoms with Gasteiger partial charge in [-0.25, -0.2) is 4.79 Å². The number of carbonyl (C=O) groups is 2. The van der Waals surface area contributed by atoms with Crippen LogP contribution in [0.4, 0.5) is 0 Å². The average molecular weight is 192 g/mol. The smallest absolute Gasteiger partial charge is 0.332 e. The van der Waals surface area contributed by atoms with Gasteiger partial charge >= 0.3 is 11.9 Å². The van der Waals surface area contributed by atoms with Gasteiger partial charge in [-0.1, -0.05) is 6.92 Å². The van der Waals surface area contributed by atoms with Gasteiger partial charge in [0.2, 0.25) is 0 Å². The number of ether oxygens (including phenoxy) is 1. The lowest BCUT2D eigenvalue weighted by molar-refractivity contribution is -0.148. The Labute approximate surface area is 77.3 Å². The monoisotopic (exact) mass is 192 g/mol. The molecule has 0 saturated carbocycles. The Balaban J connectivity index is 0. The van der Waals surface area contributed by atoms with Crippen LogP contribution >= 0.6 is 0 Å². The molecule has 1 unspecified atom stereocenters. The first-order valence-electron chi connectivity index (χ1n) is 4.01. The summed E-state index contributed by atoms with van der Waals surface area (Å²) >= 11 is 0. The fourth-order valence-electron chi connectivity index (χ4n) is 0.321. The lowest BCUT2D eigenvalue weighted by atomic mass is 10.4. The van der Waals surface area contributed by atoms with Gasteiger partial charge in [-0.05, 0) is 13.8 Å². The topological polar surface area (TPSA) is 83.8 Å². The Morgan fingerprint density at radius 1 is 1.31 bits per heavy atom. The highest BCUT2D eigenvalue weighted by atomic mass is 16.5. The minimum Gasteiger partial charge on any atom is -0.481 e. The van der Waals surface area contributed by atoms with Gasteiger partial charge < -0.3 is 14.9 Å². The summed E-state index contributed by atoms with van der Waals surface area (Å²) in [5.41, 5.74) is 0. The number of aliphatic carboxylic acids is 2. The molecule has 78 valence electrons. The molecule has 0 aliphatic carbocycles. The Morgan fingerprint density at radius 3 is 1.77 bits per heavy atom. The van der Waals surface area contributed by atoms with Gasteiger partial charge in [-0.3, -0.25) is 4.79 Å². The lowest BCUT2D eigenvalue weighted by Gasteiger charge is -2.03. The van der Waals surface area contributed by atoms with Crippen molar-refractivity contribution in [3.05, 3.63) is 0 Å². The Hall–Kier alpha value is -1.10. The van der Waals surface area contributed by atoms with Crippen molar-refractivity contribution in [1.29, 1.82) is 0 Å². The first-order valence-corrected chi connectivity index (χ1v) is 4.01. The van der Waals surface area contributed by atoms with E-state index in [9.17, 15) is 9.59 Å². The standard InChI is InChI=1S/C5H10O3.C3H6O2/c1-3-8-4(2)5(6)7;1-2-3(4)5/h4H,3H2,1-2H3,(H,6,7);2H2,1H3,(H,4,5). The molecule has 5 heteroatoms. The zero-order valence-electron chi connectivity index (χ0n) is 8.11. The maximum Gasteiger partial charge on any atom is 0.332 e. The number of hydrogen-bond acceptors (Lipinski definition) is 3. The molecule has 0 aliphatic heterocycles. The number of rotatable bonds is 4. The van der Waals surface area contributed by atoms with Gasteiger partial charge in [0.1, 0.15) is 0 Å². The molecule has 0 saturated heterocycles. The molecule has 0 aromatic heterocycles. The molecular formula is C8H16O5. The first-order chi connectivity index (χ1) is 5.95. The van der Waals surface area contributed by atoms with E-state index >= 15 is 0 Å². The number of carboxylic acid groups (broad SMARTS) is 2. The van der Waals surface area contributed by atoms with Crippen molar-refractivity contribution >= 4 is 11.9 Å². The molecule has 0 spiro atoms. The number of carboxylic acids is 2. The molecule has 0 amide bonds. The van der Waals surface area contributed by atoms with Crippen molar-refractivity contribution in [3.63, 3.8) is 0 Å². The zero-order chi connectivity index (χ0) is 10.9. The fraction of sp³-hybridized carbons (Fsp3) is 0.750. The van der Waals surface area contributed by atoms with E-state index in [0.717, 1.165) is 0 Å². The van der Waals surface area contributed by atoms with E-state index < -0.39 is 18.0 Å². The summed E-state index contributed by atoms with van der Waals surface area (Å²) in [6.45, 7) is 5.32.